The fourth-order valence-corrected chi connectivity index (χ4v) is 8.91. The van der Waals surface area contributed by atoms with Crippen LogP contribution in [-0.2, 0) is 38.3 Å². The van der Waals surface area contributed by atoms with E-state index in [-0.39, 0.29) is 48.2 Å². The molecule has 2 saturated heterocycles. The number of halogens is 7. The molecule has 396 valence electrons. The van der Waals surface area contributed by atoms with Crippen molar-refractivity contribution in [2.45, 2.75) is 38.3 Å². The number of rotatable bonds is 10. The molecular formula is C56H51BrF6N12O2. The Bertz CT molecular complexity index is 3470. The summed E-state index contributed by atoms with van der Waals surface area (Å²) in [5, 5.41) is 8.26. The quantitative estimate of drug-likeness (QED) is 0.0740. The number of benzene rings is 2. The molecule has 2 aromatic carbocycles. The molecule has 0 saturated carbocycles. The maximum Gasteiger partial charge on any atom is 0.416 e. The zero-order chi connectivity index (χ0) is 54.7. The van der Waals surface area contributed by atoms with Crippen LogP contribution in [0.3, 0.4) is 0 Å². The molecule has 2 fully saturated rings. The van der Waals surface area contributed by atoms with Crippen molar-refractivity contribution in [2.24, 2.45) is 0 Å². The van der Waals surface area contributed by atoms with E-state index >= 15 is 0 Å². The lowest BCUT2D eigenvalue weighted by molar-refractivity contribution is -0.139. The number of nitrogens with zero attached hydrogens (tertiary/aromatic N) is 12. The molecule has 6 aromatic heterocycles. The summed E-state index contributed by atoms with van der Waals surface area (Å²) in [5.41, 5.74) is 3.25. The number of alkyl halides is 6. The molecule has 0 amide bonds. The minimum atomic E-state index is -4.55. The first-order chi connectivity index (χ1) is 36.9. The predicted octanol–water partition coefficient (Wildman–Crippen LogP) is 8.46. The number of likely N-dealkylation sites (N-methyl/N-ethyl adjacent to an activating group) is 2. The van der Waals surface area contributed by atoms with Crippen molar-refractivity contribution in [1.82, 2.24) is 58.8 Å². The van der Waals surface area contributed by atoms with Crippen molar-refractivity contribution >= 4 is 38.8 Å². The summed E-state index contributed by atoms with van der Waals surface area (Å²) < 4.78 is 86.9. The third-order valence-corrected chi connectivity index (χ3v) is 13.3. The molecule has 0 radical (unpaired) electrons. The van der Waals surface area contributed by atoms with Crippen LogP contribution in [0.1, 0.15) is 70.9 Å². The lowest BCUT2D eigenvalue weighted by atomic mass is 9.97. The smallest absolute Gasteiger partial charge is 0.304 e. The Labute approximate surface area is 448 Å². The summed E-state index contributed by atoms with van der Waals surface area (Å²) >= 11 is 3.30. The number of aromatic nitrogens is 8. The summed E-state index contributed by atoms with van der Waals surface area (Å²) in [6, 6.07) is 18.4. The fraction of sp³-hybridized carbons (Fsp3) is 0.286. The predicted molar refractivity (Wildman–Crippen MR) is 281 cm³/mol. The van der Waals surface area contributed by atoms with Crippen LogP contribution >= 0.6 is 15.9 Å². The number of hydrogen-bond acceptors (Lipinski definition) is 12. The standard InChI is InChI=1S/C28H25F3N6O.C22H22F3N3O.C6H4BrN3/c1-35-9-11-36(12-10-35)19-23-6-5-22(15-25(23)28(29,30)31)26(38)14-21-13-20(16-32-17-21)4-7-24-18-33-27-3-2-8-34-37(24)27;1-3-16-10-17(14-26-13-16)11-21(29)18-4-5-19(20(12-18)22(23,24)25)15-28-8-6-27(2)7-9-28;7-5-4-8-6-2-1-3-9-10(5)6/h2-3,5-6,8,13,15-18H,9-12,14,19H2,1H3;1,4-5,10,12-14H,6-9,11,15H2,2H3;1-4H. The van der Waals surface area contributed by atoms with E-state index in [0.29, 0.717) is 59.8 Å². The Morgan fingerprint density at radius 2 is 1.05 bits per heavy atom. The number of terminal acetylenes is 1. The number of carbonyl (C=O) groups excluding carboxylic acids is 2. The highest BCUT2D eigenvalue weighted by Crippen LogP contribution is 2.35. The van der Waals surface area contributed by atoms with Gasteiger partial charge in [0, 0.05) is 138 Å². The van der Waals surface area contributed by atoms with Gasteiger partial charge in [0.2, 0.25) is 0 Å². The Hall–Kier alpha value is -7.66. The van der Waals surface area contributed by atoms with E-state index in [4.69, 9.17) is 6.42 Å². The minimum Gasteiger partial charge on any atom is -0.304 e. The molecule has 0 spiro atoms. The van der Waals surface area contributed by atoms with E-state index in [1.165, 1.54) is 42.9 Å². The van der Waals surface area contributed by atoms with Crippen LogP contribution in [0.15, 0.2) is 127 Å². The fourth-order valence-electron chi connectivity index (χ4n) is 8.54. The van der Waals surface area contributed by atoms with Crippen LogP contribution in [0.5, 0.6) is 0 Å². The largest absolute Gasteiger partial charge is 0.416 e. The second kappa shape index (κ2) is 25.0. The van der Waals surface area contributed by atoms with Crippen molar-refractivity contribution in [3.8, 4) is 24.2 Å². The highest BCUT2D eigenvalue weighted by atomic mass is 79.9. The van der Waals surface area contributed by atoms with E-state index in [2.05, 4.69) is 73.6 Å². The van der Waals surface area contributed by atoms with Crippen molar-refractivity contribution < 1.29 is 35.9 Å². The van der Waals surface area contributed by atoms with Gasteiger partial charge < -0.3 is 9.80 Å². The van der Waals surface area contributed by atoms with Crippen molar-refractivity contribution in [2.75, 3.05) is 66.5 Å². The molecule has 8 aromatic rings. The second-order valence-corrected chi connectivity index (χ2v) is 19.3. The van der Waals surface area contributed by atoms with E-state index in [1.54, 1.807) is 58.2 Å². The third-order valence-electron chi connectivity index (χ3n) is 12.8. The van der Waals surface area contributed by atoms with Gasteiger partial charge in [0.15, 0.2) is 22.9 Å². The van der Waals surface area contributed by atoms with E-state index in [1.807, 2.05) is 42.1 Å². The van der Waals surface area contributed by atoms with Crippen LogP contribution < -0.4 is 0 Å². The molecule has 0 aliphatic carbocycles. The van der Waals surface area contributed by atoms with Gasteiger partial charge >= 0.3 is 12.4 Å². The lowest BCUT2D eigenvalue weighted by Gasteiger charge is -2.33. The molecule has 0 atom stereocenters. The SMILES string of the molecule is Brc1cnc2cccnn12.C#Cc1cncc(CC(=O)c2ccc(CN3CCN(C)CC3)c(C(F)(F)F)c2)c1.CN1CCN(Cc2ccc(C(=O)Cc3cncc(C#Cc4cnc5cccnn45)c3)cc2C(F)(F)F)CC1. The zero-order valence-electron chi connectivity index (χ0n) is 41.9. The molecular weight excluding hydrogens is 1070 g/mol. The molecule has 14 nitrogen and oxygen atoms in total. The molecule has 0 N–H and O–H groups in total. The Morgan fingerprint density at radius 3 is 1.55 bits per heavy atom. The number of piperazine rings is 2. The Kier molecular flexibility index (Phi) is 18.0. The number of fused-ring (bicyclic) bond motifs is 2. The van der Waals surface area contributed by atoms with Crippen molar-refractivity contribution in [3.63, 3.8) is 0 Å². The Balaban J connectivity index is 0.000000176. The van der Waals surface area contributed by atoms with Crippen molar-refractivity contribution in [3.05, 3.63) is 188 Å². The van der Waals surface area contributed by atoms with Gasteiger partial charge in [-0.25, -0.2) is 19.0 Å². The molecule has 2 aliphatic rings. The summed E-state index contributed by atoms with van der Waals surface area (Å²) in [5.74, 6) is 7.59. The topological polar surface area (TPSA) is 133 Å². The van der Waals surface area contributed by atoms with E-state index in [9.17, 15) is 35.9 Å². The summed E-state index contributed by atoms with van der Waals surface area (Å²) in [4.78, 5) is 50.3. The first-order valence-corrected chi connectivity index (χ1v) is 25.1. The molecule has 0 unspecified atom stereocenters. The number of carbonyl (C=O) groups is 2. The van der Waals surface area contributed by atoms with Gasteiger partial charge in [-0.2, -0.15) is 36.5 Å². The van der Waals surface area contributed by atoms with E-state index in [0.717, 1.165) is 48.6 Å². The minimum absolute atomic E-state index is 0.0211. The molecule has 0 bridgehead atoms. The molecule has 10 rings (SSSR count). The maximum absolute atomic E-state index is 13.9. The second-order valence-electron chi connectivity index (χ2n) is 18.5. The van der Waals surface area contributed by atoms with Gasteiger partial charge in [0.05, 0.1) is 23.5 Å². The van der Waals surface area contributed by atoms with E-state index < -0.39 is 35.0 Å². The van der Waals surface area contributed by atoms with Gasteiger partial charge in [-0.15, -0.1) is 6.42 Å². The maximum atomic E-state index is 13.9. The lowest BCUT2D eigenvalue weighted by Crippen LogP contribution is -2.44. The highest BCUT2D eigenvalue weighted by molar-refractivity contribution is 9.10. The zero-order valence-corrected chi connectivity index (χ0v) is 43.5. The van der Waals surface area contributed by atoms with Gasteiger partial charge in [-0.1, -0.05) is 36.1 Å². The first-order valence-electron chi connectivity index (χ1n) is 24.3. The Morgan fingerprint density at radius 1 is 0.584 bits per heavy atom. The monoisotopic (exact) mass is 1120 g/mol. The first kappa shape index (κ1) is 55.6. The van der Waals surface area contributed by atoms with Crippen LogP contribution in [0, 0.1) is 24.2 Å². The molecule has 8 heterocycles. The summed E-state index contributed by atoms with van der Waals surface area (Å²) in [6.07, 6.45) is 8.85. The van der Waals surface area contributed by atoms with Gasteiger partial charge in [0.1, 0.15) is 10.3 Å². The highest BCUT2D eigenvalue weighted by Gasteiger charge is 2.36. The van der Waals surface area contributed by atoms with Gasteiger partial charge in [-0.3, -0.25) is 29.4 Å². The van der Waals surface area contributed by atoms with Gasteiger partial charge in [-0.05, 0) is 107 Å². The van der Waals surface area contributed by atoms with Gasteiger partial charge in [0.25, 0.3) is 0 Å². The summed E-state index contributed by atoms with van der Waals surface area (Å²) in [7, 11) is 3.99. The average Bonchev–Trinajstić information content (AvgIpc) is 4.02. The molecule has 2 aliphatic heterocycles. The number of ketones is 2. The van der Waals surface area contributed by atoms with Crippen molar-refractivity contribution in [1.29, 1.82) is 0 Å². The van der Waals surface area contributed by atoms with Crippen LogP contribution in [0.2, 0.25) is 0 Å². The molecule has 77 heavy (non-hydrogen) atoms. The van der Waals surface area contributed by atoms with Crippen LogP contribution in [0.4, 0.5) is 26.3 Å². The van der Waals surface area contributed by atoms with Crippen LogP contribution in [-0.4, -0.2) is 137 Å². The third kappa shape index (κ3) is 15.1. The number of pyridine rings is 2. The number of imidazole rings is 2. The average molecular weight is 1120 g/mol. The van der Waals surface area contributed by atoms with Crippen LogP contribution in [0.25, 0.3) is 11.3 Å². The number of Topliss-reactive ketones (excluding diaryl/α,β-unsaturated/α-hetero) is 2. The summed E-state index contributed by atoms with van der Waals surface area (Å²) in [6.45, 7) is 6.51. The normalized spacial score (nSPS) is 14.6. The number of hydrogen-bond donors (Lipinski definition) is 0. The molecule has 21 heteroatoms.